The zero-order chi connectivity index (χ0) is 24.9. The number of amides is 1. The maximum absolute atomic E-state index is 12.9. The Balaban J connectivity index is 1.49. The number of carbonyl (C=O) groups excluding carboxylic acids is 1. The number of hydrogen-bond acceptors (Lipinski definition) is 6. The van der Waals surface area contributed by atoms with Crippen LogP contribution >= 0.6 is 0 Å². The molecule has 0 saturated carbocycles. The van der Waals surface area contributed by atoms with Crippen LogP contribution in [0.2, 0.25) is 0 Å². The van der Waals surface area contributed by atoms with Gasteiger partial charge in [-0.3, -0.25) is 24.6 Å². The van der Waals surface area contributed by atoms with E-state index in [4.69, 9.17) is 0 Å². The molecule has 1 saturated heterocycles. The Hall–Kier alpha value is -3.85. The van der Waals surface area contributed by atoms with Gasteiger partial charge in [0.25, 0.3) is 11.6 Å². The van der Waals surface area contributed by atoms with E-state index < -0.39 is 16.3 Å². The van der Waals surface area contributed by atoms with E-state index in [0.29, 0.717) is 5.69 Å². The lowest BCUT2D eigenvalue weighted by atomic mass is 9.98. The van der Waals surface area contributed by atoms with Gasteiger partial charge >= 0.3 is 0 Å². The van der Waals surface area contributed by atoms with E-state index in [0.717, 1.165) is 31.1 Å². The number of para-hydroxylation sites is 2. The first kappa shape index (κ1) is 24.3. The maximum Gasteiger partial charge on any atom is 0.294 e. The Kier molecular flexibility index (Phi) is 7.36. The second-order valence-electron chi connectivity index (χ2n) is 9.12. The highest BCUT2D eigenvalue weighted by atomic mass is 16.6. The molecule has 0 atom stereocenters. The van der Waals surface area contributed by atoms with Crippen LogP contribution in [0, 0.1) is 23.0 Å². The Labute approximate surface area is 203 Å². The fraction of sp³-hybridized carbons (Fsp3) is 0.346. The minimum Gasteiger partial charge on any atom is -0.346 e. The molecule has 0 unspecified atom stereocenters. The van der Waals surface area contributed by atoms with Gasteiger partial charge in [0.15, 0.2) is 5.69 Å². The third kappa shape index (κ3) is 5.81. The summed E-state index contributed by atoms with van der Waals surface area (Å²) in [5.41, 5.74) is 1.66. The fourth-order valence-corrected chi connectivity index (χ4v) is 4.33. The van der Waals surface area contributed by atoms with Crippen LogP contribution in [0.5, 0.6) is 0 Å². The quantitative estimate of drug-likeness (QED) is 0.413. The van der Waals surface area contributed by atoms with E-state index in [1.54, 1.807) is 19.1 Å². The Bertz CT molecular complexity index is 1290. The Morgan fingerprint density at radius 1 is 1.11 bits per heavy atom. The largest absolute Gasteiger partial charge is 0.346 e. The molecule has 2 aromatic carbocycles. The van der Waals surface area contributed by atoms with E-state index in [9.17, 15) is 19.7 Å². The molecule has 35 heavy (non-hydrogen) atoms. The van der Waals surface area contributed by atoms with E-state index in [1.165, 1.54) is 41.3 Å². The van der Waals surface area contributed by atoms with Crippen molar-refractivity contribution in [1.29, 1.82) is 0 Å². The number of likely N-dealkylation sites (tertiary alicyclic amines) is 1. The molecule has 0 spiro atoms. The number of benzene rings is 2. The van der Waals surface area contributed by atoms with E-state index in [-0.39, 0.29) is 23.6 Å². The SMILES string of the molecule is Cc1cc(=O)c(C(=O)NCc2cccc(CN3CCC(C)CC3)c2)nn1-c1ccccc1[N+](=O)[O-]. The van der Waals surface area contributed by atoms with Crippen molar-refractivity contribution in [3.63, 3.8) is 0 Å². The van der Waals surface area contributed by atoms with Crippen molar-refractivity contribution >= 4 is 11.6 Å². The number of hydrogen-bond donors (Lipinski definition) is 1. The van der Waals surface area contributed by atoms with Crippen LogP contribution in [0.25, 0.3) is 5.69 Å². The Morgan fingerprint density at radius 3 is 2.57 bits per heavy atom. The van der Waals surface area contributed by atoms with E-state index in [1.807, 2.05) is 12.1 Å². The van der Waals surface area contributed by atoms with Crippen molar-refractivity contribution < 1.29 is 9.72 Å². The normalized spacial score (nSPS) is 14.6. The van der Waals surface area contributed by atoms with Gasteiger partial charge in [-0.05, 0) is 56.0 Å². The number of carbonyl (C=O) groups is 1. The van der Waals surface area contributed by atoms with Crippen LogP contribution < -0.4 is 10.7 Å². The first-order valence-corrected chi connectivity index (χ1v) is 11.7. The number of nitrogens with zero attached hydrogens (tertiary/aromatic N) is 4. The van der Waals surface area contributed by atoms with Gasteiger partial charge in [-0.25, -0.2) is 4.68 Å². The lowest BCUT2D eigenvalue weighted by Gasteiger charge is -2.30. The lowest BCUT2D eigenvalue weighted by Crippen LogP contribution is -2.32. The molecular weight excluding hydrogens is 446 g/mol. The molecule has 1 N–H and O–H groups in total. The van der Waals surface area contributed by atoms with Gasteiger partial charge in [-0.1, -0.05) is 43.3 Å². The summed E-state index contributed by atoms with van der Waals surface area (Å²) in [6.07, 6.45) is 2.42. The molecular formula is C26H29N5O4. The molecule has 1 fully saturated rings. The monoisotopic (exact) mass is 475 g/mol. The highest BCUT2D eigenvalue weighted by Crippen LogP contribution is 2.22. The van der Waals surface area contributed by atoms with E-state index in [2.05, 4.69) is 34.4 Å². The van der Waals surface area contributed by atoms with Crippen molar-refractivity contribution in [3.05, 3.63) is 97.4 Å². The molecule has 182 valence electrons. The van der Waals surface area contributed by atoms with Crippen LogP contribution in [-0.4, -0.2) is 38.6 Å². The smallest absolute Gasteiger partial charge is 0.294 e. The Morgan fingerprint density at radius 2 is 1.83 bits per heavy atom. The molecule has 2 heterocycles. The van der Waals surface area contributed by atoms with Crippen molar-refractivity contribution in [2.75, 3.05) is 13.1 Å². The van der Waals surface area contributed by atoms with Gasteiger partial charge in [-0.2, -0.15) is 5.10 Å². The fourth-order valence-electron chi connectivity index (χ4n) is 4.33. The predicted octanol–water partition coefficient (Wildman–Crippen LogP) is 3.61. The zero-order valence-corrected chi connectivity index (χ0v) is 19.9. The molecule has 3 aromatic rings. The number of piperidine rings is 1. The average Bonchev–Trinajstić information content (AvgIpc) is 2.84. The number of nitro groups is 1. The summed E-state index contributed by atoms with van der Waals surface area (Å²) in [5.74, 6) is 0.151. The molecule has 9 nitrogen and oxygen atoms in total. The van der Waals surface area contributed by atoms with Gasteiger partial charge in [-0.15, -0.1) is 0 Å². The summed E-state index contributed by atoms with van der Waals surface area (Å²) in [6.45, 7) is 7.19. The highest BCUT2D eigenvalue weighted by molar-refractivity contribution is 5.92. The number of aryl methyl sites for hydroxylation is 1. The topological polar surface area (TPSA) is 110 Å². The van der Waals surface area contributed by atoms with Gasteiger partial charge in [0.1, 0.15) is 5.69 Å². The van der Waals surface area contributed by atoms with Crippen LogP contribution in [0.15, 0.2) is 59.4 Å². The van der Waals surface area contributed by atoms with Crippen LogP contribution in [0.1, 0.15) is 47.1 Å². The summed E-state index contributed by atoms with van der Waals surface area (Å²) >= 11 is 0. The molecule has 1 amide bonds. The zero-order valence-electron chi connectivity index (χ0n) is 19.9. The van der Waals surface area contributed by atoms with Crippen LogP contribution in [0.4, 0.5) is 5.69 Å². The first-order valence-electron chi connectivity index (χ1n) is 11.7. The van der Waals surface area contributed by atoms with Gasteiger partial charge in [0, 0.05) is 30.9 Å². The lowest BCUT2D eigenvalue weighted by molar-refractivity contribution is -0.384. The van der Waals surface area contributed by atoms with Crippen molar-refractivity contribution in [3.8, 4) is 5.69 Å². The molecule has 4 rings (SSSR count). The molecule has 9 heteroatoms. The van der Waals surface area contributed by atoms with Crippen molar-refractivity contribution in [2.24, 2.45) is 5.92 Å². The van der Waals surface area contributed by atoms with Gasteiger partial charge in [0.05, 0.1) is 4.92 Å². The molecule has 0 radical (unpaired) electrons. The minimum atomic E-state index is -0.627. The summed E-state index contributed by atoms with van der Waals surface area (Å²) < 4.78 is 1.26. The molecule has 0 aliphatic carbocycles. The number of aromatic nitrogens is 2. The van der Waals surface area contributed by atoms with Gasteiger partial charge < -0.3 is 5.32 Å². The summed E-state index contributed by atoms with van der Waals surface area (Å²) in [6, 6.07) is 15.4. The van der Waals surface area contributed by atoms with Crippen molar-refractivity contribution in [2.45, 2.75) is 39.8 Å². The molecule has 0 bridgehead atoms. The number of nitro benzene ring substituents is 1. The second kappa shape index (κ2) is 10.6. The molecule has 1 aromatic heterocycles. The summed E-state index contributed by atoms with van der Waals surface area (Å²) in [5, 5.41) is 18.4. The summed E-state index contributed by atoms with van der Waals surface area (Å²) in [7, 11) is 0. The van der Waals surface area contributed by atoms with Crippen LogP contribution in [0.3, 0.4) is 0 Å². The van der Waals surface area contributed by atoms with Crippen LogP contribution in [-0.2, 0) is 13.1 Å². The standard InChI is InChI=1S/C26H29N5O4/c1-18-10-12-29(13-11-18)17-21-7-5-6-20(15-21)16-27-26(33)25-24(32)14-19(2)30(28-25)22-8-3-4-9-23(22)31(34)35/h3-9,14-15,18H,10-13,16-17H2,1-2H3,(H,27,33). The third-order valence-electron chi connectivity index (χ3n) is 6.36. The first-order chi connectivity index (χ1) is 16.8. The van der Waals surface area contributed by atoms with E-state index >= 15 is 0 Å². The number of nitrogens with one attached hydrogen (secondary N) is 1. The molecule has 1 aliphatic rings. The highest BCUT2D eigenvalue weighted by Gasteiger charge is 2.20. The maximum atomic E-state index is 12.9. The average molecular weight is 476 g/mol. The van der Waals surface area contributed by atoms with Gasteiger partial charge in [0.2, 0.25) is 5.43 Å². The third-order valence-corrected chi connectivity index (χ3v) is 6.36. The minimum absolute atomic E-state index is 0.168. The van der Waals surface area contributed by atoms with Crippen molar-refractivity contribution in [1.82, 2.24) is 20.0 Å². The molecule has 1 aliphatic heterocycles. The number of rotatable bonds is 7. The second-order valence-corrected chi connectivity index (χ2v) is 9.12. The predicted molar refractivity (Wildman–Crippen MR) is 133 cm³/mol. The summed E-state index contributed by atoms with van der Waals surface area (Å²) in [4.78, 5) is 38.7.